The van der Waals surface area contributed by atoms with Crippen LogP contribution in [0.25, 0.3) is 27.7 Å². The molecule has 1 unspecified atom stereocenters. The van der Waals surface area contributed by atoms with Crippen molar-refractivity contribution in [3.8, 4) is 16.9 Å². The number of rotatable bonds is 6. The summed E-state index contributed by atoms with van der Waals surface area (Å²) in [6.07, 6.45) is 3.66. The summed E-state index contributed by atoms with van der Waals surface area (Å²) in [5.74, 6) is 0.0569. The van der Waals surface area contributed by atoms with Crippen molar-refractivity contribution in [1.29, 1.82) is 0 Å². The van der Waals surface area contributed by atoms with E-state index >= 15 is 0 Å². The number of allylic oxidation sites excluding steroid dienone is 1. The first-order valence-electron chi connectivity index (χ1n) is 12.6. The Labute approximate surface area is 227 Å². The second-order valence-corrected chi connectivity index (χ2v) is 9.13. The SMILES string of the molecule is C=CN(C)/C(=C\C)C(NC(C)=O)c1ccc2c(c1)c(-c1ccc(O)cc1)cc1nnnn12.Cc1ccccc1. The minimum atomic E-state index is -0.373. The third-order valence-electron chi connectivity index (χ3n) is 6.38. The lowest BCUT2D eigenvalue weighted by molar-refractivity contribution is -0.119. The Morgan fingerprint density at radius 1 is 1.08 bits per heavy atom. The Hall–Kier alpha value is -4.98. The maximum Gasteiger partial charge on any atom is 0.217 e. The molecule has 5 rings (SSSR count). The first-order chi connectivity index (χ1) is 18.8. The molecule has 0 aliphatic rings. The van der Waals surface area contributed by atoms with Crippen LogP contribution in [0, 0.1) is 6.92 Å². The number of tetrazole rings is 1. The van der Waals surface area contributed by atoms with Crippen LogP contribution in [-0.2, 0) is 4.79 Å². The Morgan fingerprint density at radius 2 is 1.79 bits per heavy atom. The molecule has 2 aromatic heterocycles. The van der Waals surface area contributed by atoms with Crippen LogP contribution in [0.5, 0.6) is 5.75 Å². The third kappa shape index (κ3) is 6.13. The molecule has 0 aliphatic carbocycles. The Morgan fingerprint density at radius 3 is 2.38 bits per heavy atom. The molecular formula is C31H32N6O2. The van der Waals surface area contributed by atoms with E-state index in [1.807, 2.05) is 79.5 Å². The quantitative estimate of drug-likeness (QED) is 0.294. The molecule has 5 aromatic rings. The molecule has 0 fully saturated rings. The average Bonchev–Trinajstić information content (AvgIpc) is 3.42. The fraction of sp³-hybridized carbons (Fsp3) is 0.161. The van der Waals surface area contributed by atoms with Gasteiger partial charge in [-0.05, 0) is 77.5 Å². The van der Waals surface area contributed by atoms with Gasteiger partial charge in [-0.15, -0.1) is 5.10 Å². The molecule has 198 valence electrons. The smallest absolute Gasteiger partial charge is 0.217 e. The summed E-state index contributed by atoms with van der Waals surface area (Å²) in [6, 6.07) is 24.8. The van der Waals surface area contributed by atoms with E-state index in [2.05, 4.69) is 46.5 Å². The van der Waals surface area contributed by atoms with Crippen LogP contribution >= 0.6 is 0 Å². The second-order valence-electron chi connectivity index (χ2n) is 9.13. The van der Waals surface area contributed by atoms with Gasteiger partial charge in [-0.3, -0.25) is 4.79 Å². The van der Waals surface area contributed by atoms with Crippen molar-refractivity contribution < 1.29 is 9.90 Å². The van der Waals surface area contributed by atoms with Crippen LogP contribution in [0.1, 0.15) is 31.0 Å². The van der Waals surface area contributed by atoms with Gasteiger partial charge in [0, 0.05) is 25.1 Å². The van der Waals surface area contributed by atoms with E-state index in [9.17, 15) is 9.90 Å². The molecule has 2 N–H and O–H groups in total. The van der Waals surface area contributed by atoms with E-state index in [0.717, 1.165) is 33.3 Å². The van der Waals surface area contributed by atoms with Gasteiger partial charge in [-0.1, -0.05) is 66.7 Å². The van der Waals surface area contributed by atoms with Crippen LogP contribution in [0.15, 0.2) is 103 Å². The van der Waals surface area contributed by atoms with Gasteiger partial charge in [0.2, 0.25) is 5.91 Å². The number of nitrogens with zero attached hydrogens (tertiary/aromatic N) is 5. The van der Waals surface area contributed by atoms with E-state index in [1.54, 1.807) is 22.8 Å². The number of amides is 1. The van der Waals surface area contributed by atoms with E-state index < -0.39 is 0 Å². The van der Waals surface area contributed by atoms with Crippen LogP contribution in [0.3, 0.4) is 0 Å². The van der Waals surface area contributed by atoms with E-state index in [1.165, 1.54) is 12.5 Å². The number of nitrogens with one attached hydrogen (secondary N) is 1. The molecule has 3 aromatic carbocycles. The molecule has 0 spiro atoms. The summed E-state index contributed by atoms with van der Waals surface area (Å²) in [5.41, 5.74) is 6.41. The third-order valence-corrected chi connectivity index (χ3v) is 6.38. The second kappa shape index (κ2) is 12.0. The number of aromatic nitrogens is 4. The monoisotopic (exact) mass is 520 g/mol. The number of carbonyl (C=O) groups excluding carboxylic acids is 1. The van der Waals surface area contributed by atoms with Crippen molar-refractivity contribution in [2.45, 2.75) is 26.8 Å². The lowest BCUT2D eigenvalue weighted by atomic mass is 9.95. The van der Waals surface area contributed by atoms with Crippen LogP contribution in [-0.4, -0.2) is 43.0 Å². The predicted octanol–water partition coefficient (Wildman–Crippen LogP) is 5.80. The highest BCUT2D eigenvalue weighted by atomic mass is 16.3. The number of hydrogen-bond donors (Lipinski definition) is 2. The molecule has 1 atom stereocenters. The highest BCUT2D eigenvalue weighted by Crippen LogP contribution is 2.34. The van der Waals surface area contributed by atoms with Crippen molar-refractivity contribution in [2.24, 2.45) is 0 Å². The van der Waals surface area contributed by atoms with Gasteiger partial charge in [-0.2, -0.15) is 4.52 Å². The minimum absolute atomic E-state index is 0.137. The minimum Gasteiger partial charge on any atom is -0.508 e. The number of benzene rings is 3. The van der Waals surface area contributed by atoms with Crippen LogP contribution < -0.4 is 5.32 Å². The maximum absolute atomic E-state index is 12.0. The highest BCUT2D eigenvalue weighted by Gasteiger charge is 2.21. The van der Waals surface area contributed by atoms with Crippen molar-refractivity contribution in [3.05, 3.63) is 115 Å². The fourth-order valence-electron chi connectivity index (χ4n) is 4.42. The number of pyridine rings is 1. The largest absolute Gasteiger partial charge is 0.508 e. The molecule has 0 aliphatic heterocycles. The lowest BCUT2D eigenvalue weighted by Gasteiger charge is -2.28. The summed E-state index contributed by atoms with van der Waals surface area (Å²) in [6.45, 7) is 9.36. The zero-order valence-corrected chi connectivity index (χ0v) is 22.5. The lowest BCUT2D eigenvalue weighted by Crippen LogP contribution is -2.32. The number of phenolic OH excluding ortho intramolecular Hbond substituents is 1. The van der Waals surface area contributed by atoms with Gasteiger partial charge in [0.05, 0.1) is 11.6 Å². The normalized spacial score (nSPS) is 11.9. The van der Waals surface area contributed by atoms with E-state index in [0.29, 0.717) is 5.65 Å². The number of carbonyl (C=O) groups is 1. The first-order valence-corrected chi connectivity index (χ1v) is 12.6. The molecule has 39 heavy (non-hydrogen) atoms. The van der Waals surface area contributed by atoms with Crippen molar-refractivity contribution in [3.63, 3.8) is 0 Å². The maximum atomic E-state index is 12.0. The predicted molar refractivity (Wildman–Crippen MR) is 155 cm³/mol. The Bertz CT molecular complexity index is 1620. The van der Waals surface area contributed by atoms with Crippen molar-refractivity contribution in [1.82, 2.24) is 30.3 Å². The Balaban J connectivity index is 0.000000438. The molecule has 8 nitrogen and oxygen atoms in total. The van der Waals surface area contributed by atoms with Gasteiger partial charge < -0.3 is 15.3 Å². The Kier molecular flexibility index (Phi) is 8.36. The van der Waals surface area contributed by atoms with Gasteiger partial charge in [0.25, 0.3) is 0 Å². The molecule has 0 bridgehead atoms. The molecule has 8 heteroatoms. The molecule has 0 radical (unpaired) electrons. The van der Waals surface area contributed by atoms with Crippen LogP contribution in [0.4, 0.5) is 0 Å². The number of aromatic hydroxyl groups is 1. The summed E-state index contributed by atoms with van der Waals surface area (Å²) >= 11 is 0. The van der Waals surface area contributed by atoms with Crippen molar-refractivity contribution in [2.75, 3.05) is 7.05 Å². The van der Waals surface area contributed by atoms with Crippen LogP contribution in [0.2, 0.25) is 0 Å². The van der Waals surface area contributed by atoms with Gasteiger partial charge in [0.1, 0.15) is 5.75 Å². The topological polar surface area (TPSA) is 95.7 Å². The number of fused-ring (bicyclic) bond motifs is 3. The van der Waals surface area contributed by atoms with E-state index in [-0.39, 0.29) is 17.7 Å². The summed E-state index contributed by atoms with van der Waals surface area (Å²) in [5, 5.41) is 25.7. The van der Waals surface area contributed by atoms with E-state index in [4.69, 9.17) is 0 Å². The zero-order valence-electron chi connectivity index (χ0n) is 22.5. The number of phenols is 1. The van der Waals surface area contributed by atoms with Gasteiger partial charge in [-0.25, -0.2) is 0 Å². The zero-order chi connectivity index (χ0) is 27.9. The number of hydrogen-bond acceptors (Lipinski definition) is 6. The number of likely N-dealkylation sites (N-methyl/N-ethyl adjacent to an activating group) is 1. The molecule has 0 saturated carbocycles. The number of aryl methyl sites for hydroxylation is 1. The van der Waals surface area contributed by atoms with Gasteiger partial charge in [0.15, 0.2) is 5.65 Å². The summed E-state index contributed by atoms with van der Waals surface area (Å²) in [7, 11) is 1.89. The summed E-state index contributed by atoms with van der Waals surface area (Å²) in [4.78, 5) is 13.9. The van der Waals surface area contributed by atoms with Gasteiger partial charge >= 0.3 is 0 Å². The first kappa shape index (κ1) is 27.1. The molecular weight excluding hydrogens is 488 g/mol. The summed E-state index contributed by atoms with van der Waals surface area (Å²) < 4.78 is 1.68. The molecule has 2 heterocycles. The van der Waals surface area contributed by atoms with Crippen molar-refractivity contribution >= 4 is 22.5 Å². The fourth-order valence-corrected chi connectivity index (χ4v) is 4.42. The highest BCUT2D eigenvalue weighted by molar-refractivity contribution is 5.97. The molecule has 1 amide bonds. The standard InChI is InChI=1S/C24H24N6O2.C7H8/c1-5-21(29(4)6-2)24(25-15(3)31)17-9-12-22-20(13-17)19(14-23-26-27-28-30(22)23)16-7-10-18(32)11-8-16;1-7-5-3-2-4-6-7/h5-14,24,32H,2H2,1,3-4H3,(H,25,31);2-6H,1H3/b21-5-;. The molecule has 0 saturated heterocycles. The average molecular weight is 521 g/mol.